The second-order valence-corrected chi connectivity index (χ2v) is 10.3. The van der Waals surface area contributed by atoms with E-state index in [-0.39, 0.29) is 29.8 Å². The predicted octanol–water partition coefficient (Wildman–Crippen LogP) is 3.18. The number of pyridine rings is 1. The number of piperidine rings is 1. The minimum atomic E-state index is -3.71. The van der Waals surface area contributed by atoms with Gasteiger partial charge in [-0.05, 0) is 44.0 Å². The molecule has 1 fully saturated rings. The second-order valence-electron chi connectivity index (χ2n) is 7.49. The molecule has 0 saturated carbocycles. The standard InChI is InChI=1S/C20H19N5O4S2/c1-12-16-9-15(10-21-20(16)29-24-12)31(27,28)25-6-4-13(5-7-25)19(26)23-14-2-3-18-17(8-14)22-11-30-18/h2-3,8-11,13H,4-7H2,1H3,(H,23,26). The summed E-state index contributed by atoms with van der Waals surface area (Å²) in [5.41, 5.74) is 4.21. The van der Waals surface area contributed by atoms with E-state index in [0.717, 1.165) is 10.2 Å². The highest BCUT2D eigenvalue weighted by atomic mass is 32.2. The van der Waals surface area contributed by atoms with E-state index in [1.165, 1.54) is 16.6 Å². The van der Waals surface area contributed by atoms with Crippen molar-refractivity contribution in [2.75, 3.05) is 18.4 Å². The number of nitrogens with one attached hydrogen (secondary N) is 1. The number of benzene rings is 1. The van der Waals surface area contributed by atoms with Crippen LogP contribution in [0.1, 0.15) is 18.5 Å². The third-order valence-electron chi connectivity index (χ3n) is 5.55. The van der Waals surface area contributed by atoms with Crippen molar-refractivity contribution in [3.05, 3.63) is 41.7 Å². The number of carbonyl (C=O) groups excluding carboxylic acids is 1. The molecule has 0 aliphatic carbocycles. The van der Waals surface area contributed by atoms with E-state index in [1.807, 2.05) is 18.2 Å². The first-order chi connectivity index (χ1) is 14.9. The molecule has 1 aliphatic heterocycles. The van der Waals surface area contributed by atoms with E-state index in [0.29, 0.717) is 35.3 Å². The van der Waals surface area contributed by atoms with Crippen molar-refractivity contribution in [3.63, 3.8) is 0 Å². The van der Waals surface area contributed by atoms with Crippen molar-refractivity contribution in [3.8, 4) is 0 Å². The van der Waals surface area contributed by atoms with E-state index in [2.05, 4.69) is 20.4 Å². The zero-order chi connectivity index (χ0) is 21.6. The van der Waals surface area contributed by atoms with Gasteiger partial charge in [0.2, 0.25) is 15.9 Å². The number of carbonyl (C=O) groups is 1. The van der Waals surface area contributed by atoms with E-state index in [9.17, 15) is 13.2 Å². The van der Waals surface area contributed by atoms with Crippen LogP contribution in [-0.2, 0) is 14.8 Å². The zero-order valence-electron chi connectivity index (χ0n) is 16.6. The first-order valence-corrected chi connectivity index (χ1v) is 12.1. The predicted molar refractivity (Wildman–Crippen MR) is 116 cm³/mol. The number of amides is 1. The van der Waals surface area contributed by atoms with Gasteiger partial charge in [0.1, 0.15) is 4.90 Å². The number of sulfonamides is 1. The van der Waals surface area contributed by atoms with Gasteiger partial charge in [0.05, 0.1) is 33.0 Å². The van der Waals surface area contributed by atoms with Crippen LogP contribution in [0.5, 0.6) is 0 Å². The molecular weight excluding hydrogens is 438 g/mol. The van der Waals surface area contributed by atoms with E-state index in [1.54, 1.807) is 23.8 Å². The summed E-state index contributed by atoms with van der Waals surface area (Å²) in [5, 5.41) is 7.32. The highest BCUT2D eigenvalue weighted by Gasteiger charge is 2.32. The number of hydrogen-bond donors (Lipinski definition) is 1. The van der Waals surface area contributed by atoms with E-state index < -0.39 is 10.0 Å². The van der Waals surface area contributed by atoms with E-state index >= 15 is 0 Å². The summed E-state index contributed by atoms with van der Waals surface area (Å²) in [4.78, 5) is 21.1. The molecule has 1 amide bonds. The first-order valence-electron chi connectivity index (χ1n) is 9.78. The van der Waals surface area contributed by atoms with Gasteiger partial charge in [-0.1, -0.05) is 5.16 Å². The lowest BCUT2D eigenvalue weighted by molar-refractivity contribution is -0.120. The summed E-state index contributed by atoms with van der Waals surface area (Å²) < 4.78 is 33.6. The first kappa shape index (κ1) is 20.0. The Morgan fingerprint density at radius 3 is 2.84 bits per heavy atom. The Labute approximate surface area is 182 Å². The molecule has 31 heavy (non-hydrogen) atoms. The maximum absolute atomic E-state index is 13.1. The van der Waals surface area contributed by atoms with Crippen molar-refractivity contribution < 1.29 is 17.7 Å². The summed E-state index contributed by atoms with van der Waals surface area (Å²) >= 11 is 1.55. The van der Waals surface area contributed by atoms with Crippen LogP contribution in [0.4, 0.5) is 5.69 Å². The van der Waals surface area contributed by atoms with Crippen LogP contribution in [0.25, 0.3) is 21.3 Å². The highest BCUT2D eigenvalue weighted by molar-refractivity contribution is 7.89. The summed E-state index contributed by atoms with van der Waals surface area (Å²) in [5.74, 6) is -0.353. The molecule has 5 rings (SSSR count). The maximum atomic E-state index is 13.1. The van der Waals surface area contributed by atoms with Gasteiger partial charge >= 0.3 is 0 Å². The molecule has 3 aromatic heterocycles. The number of aromatic nitrogens is 3. The minimum Gasteiger partial charge on any atom is -0.336 e. The van der Waals surface area contributed by atoms with Crippen LogP contribution in [-0.4, -0.2) is 46.8 Å². The molecule has 0 unspecified atom stereocenters. The molecule has 160 valence electrons. The summed E-state index contributed by atoms with van der Waals surface area (Å²) in [6, 6.07) is 7.17. The van der Waals surface area contributed by atoms with Crippen molar-refractivity contribution in [1.82, 2.24) is 19.4 Å². The van der Waals surface area contributed by atoms with Gasteiger partial charge in [0.25, 0.3) is 5.71 Å². The molecular formula is C20H19N5O4S2. The Balaban J connectivity index is 1.26. The lowest BCUT2D eigenvalue weighted by Gasteiger charge is -2.30. The van der Waals surface area contributed by atoms with Gasteiger partial charge in [-0.25, -0.2) is 18.4 Å². The van der Waals surface area contributed by atoms with Crippen molar-refractivity contribution >= 4 is 54.3 Å². The second kappa shape index (κ2) is 7.66. The van der Waals surface area contributed by atoms with E-state index in [4.69, 9.17) is 4.52 Å². The number of aryl methyl sites for hydroxylation is 1. The third-order valence-corrected chi connectivity index (χ3v) is 8.22. The molecule has 1 saturated heterocycles. The molecule has 1 aliphatic rings. The number of thiazole rings is 1. The molecule has 0 bridgehead atoms. The largest absolute Gasteiger partial charge is 0.336 e. The van der Waals surface area contributed by atoms with Crippen LogP contribution in [0.3, 0.4) is 0 Å². The third kappa shape index (κ3) is 3.68. The minimum absolute atomic E-state index is 0.102. The monoisotopic (exact) mass is 457 g/mol. The van der Waals surface area contributed by atoms with Gasteiger partial charge in [0, 0.05) is 24.7 Å². The molecule has 4 heterocycles. The molecule has 0 spiro atoms. The molecule has 1 N–H and O–H groups in total. The van der Waals surface area contributed by atoms with Gasteiger partial charge in [-0.15, -0.1) is 11.3 Å². The number of nitrogens with zero attached hydrogens (tertiary/aromatic N) is 4. The number of hydrogen-bond acceptors (Lipinski definition) is 8. The smallest absolute Gasteiger partial charge is 0.257 e. The van der Waals surface area contributed by atoms with Crippen LogP contribution in [0.15, 0.2) is 45.4 Å². The molecule has 0 radical (unpaired) electrons. The summed E-state index contributed by atoms with van der Waals surface area (Å²) in [6.07, 6.45) is 2.19. The molecule has 9 nitrogen and oxygen atoms in total. The fourth-order valence-corrected chi connectivity index (χ4v) is 5.86. The Morgan fingerprint density at radius 1 is 1.23 bits per heavy atom. The van der Waals surface area contributed by atoms with Gasteiger partial charge in [-0.2, -0.15) is 4.31 Å². The lowest BCUT2D eigenvalue weighted by atomic mass is 9.97. The molecule has 1 aromatic carbocycles. The topological polar surface area (TPSA) is 118 Å². The van der Waals surface area contributed by atoms with Crippen LogP contribution >= 0.6 is 11.3 Å². The fraction of sp³-hybridized carbons (Fsp3) is 0.300. The van der Waals surface area contributed by atoms with Crippen LogP contribution in [0.2, 0.25) is 0 Å². The van der Waals surface area contributed by atoms with Crippen molar-refractivity contribution in [2.24, 2.45) is 5.92 Å². The Kier molecular flexibility index (Phi) is 4.95. The Morgan fingerprint density at radius 2 is 2.03 bits per heavy atom. The summed E-state index contributed by atoms with van der Waals surface area (Å²) in [7, 11) is -3.71. The SMILES string of the molecule is Cc1noc2ncc(S(=O)(=O)N3CCC(C(=O)Nc4ccc5scnc5c4)CC3)cc12. The van der Waals surface area contributed by atoms with Crippen LogP contribution in [0, 0.1) is 12.8 Å². The lowest BCUT2D eigenvalue weighted by Crippen LogP contribution is -2.41. The number of anilines is 1. The Hall–Kier alpha value is -2.89. The van der Waals surface area contributed by atoms with Gasteiger partial charge in [-0.3, -0.25) is 4.79 Å². The quantitative estimate of drug-likeness (QED) is 0.500. The molecule has 4 aromatic rings. The van der Waals surface area contributed by atoms with Crippen molar-refractivity contribution in [2.45, 2.75) is 24.7 Å². The average molecular weight is 458 g/mol. The van der Waals surface area contributed by atoms with Crippen LogP contribution < -0.4 is 5.32 Å². The molecule has 11 heteroatoms. The van der Waals surface area contributed by atoms with Gasteiger partial charge < -0.3 is 9.84 Å². The Bertz CT molecular complexity index is 1390. The number of fused-ring (bicyclic) bond motifs is 2. The fourth-order valence-electron chi connectivity index (χ4n) is 3.75. The summed E-state index contributed by atoms with van der Waals surface area (Å²) in [6.45, 7) is 2.28. The zero-order valence-corrected chi connectivity index (χ0v) is 18.2. The normalized spacial score (nSPS) is 16.2. The van der Waals surface area contributed by atoms with Gasteiger partial charge in [0.15, 0.2) is 0 Å². The maximum Gasteiger partial charge on any atom is 0.257 e. The average Bonchev–Trinajstić information content (AvgIpc) is 3.40. The highest BCUT2D eigenvalue weighted by Crippen LogP contribution is 2.27. The van der Waals surface area contributed by atoms with Crippen molar-refractivity contribution in [1.29, 1.82) is 0 Å². The molecule has 0 atom stereocenters. The number of rotatable bonds is 4.